The van der Waals surface area contributed by atoms with Crippen LogP contribution in [-0.4, -0.2) is 31.4 Å². The Kier molecular flexibility index (Phi) is 5.88. The fourth-order valence-electron chi connectivity index (χ4n) is 2.74. The lowest BCUT2D eigenvalue weighted by Gasteiger charge is -2.11. The van der Waals surface area contributed by atoms with Gasteiger partial charge in [-0.3, -0.25) is 14.3 Å². The molecule has 6 nitrogen and oxygen atoms in total. The number of para-hydroxylation sites is 1. The van der Waals surface area contributed by atoms with Gasteiger partial charge in [0.25, 0.3) is 0 Å². The molecule has 1 N–H and O–H groups in total. The van der Waals surface area contributed by atoms with Crippen LogP contribution < -0.4 is 5.32 Å². The van der Waals surface area contributed by atoms with Crippen molar-refractivity contribution in [3.8, 4) is 17.1 Å². The zero-order chi connectivity index (χ0) is 20.1. The predicted molar refractivity (Wildman–Crippen MR) is 115 cm³/mol. The summed E-state index contributed by atoms with van der Waals surface area (Å²) in [5.74, 6) is 0.705. The van der Waals surface area contributed by atoms with Crippen LogP contribution in [0.4, 0.5) is 5.69 Å². The topological polar surface area (TPSA) is 72.7 Å². The molecular weight excluding hydrogens is 406 g/mol. The van der Waals surface area contributed by atoms with Gasteiger partial charge in [-0.15, -0.1) is 10.2 Å². The minimum atomic E-state index is -0.121. The molecule has 1 amide bonds. The normalized spacial score (nSPS) is 10.7. The van der Waals surface area contributed by atoms with E-state index in [1.54, 1.807) is 18.5 Å². The van der Waals surface area contributed by atoms with Crippen molar-refractivity contribution in [1.82, 2.24) is 19.7 Å². The van der Waals surface area contributed by atoms with Crippen molar-refractivity contribution < 1.29 is 4.79 Å². The summed E-state index contributed by atoms with van der Waals surface area (Å²) in [6, 6.07) is 20.5. The molecule has 0 unspecified atom stereocenters. The highest BCUT2D eigenvalue weighted by atomic mass is 35.5. The number of anilines is 1. The zero-order valence-corrected chi connectivity index (χ0v) is 16.8. The van der Waals surface area contributed by atoms with Crippen LogP contribution in [0, 0.1) is 0 Å². The molecule has 0 fully saturated rings. The summed E-state index contributed by atoms with van der Waals surface area (Å²) in [6.07, 6.45) is 3.43. The van der Waals surface area contributed by atoms with E-state index in [1.807, 2.05) is 65.2 Å². The van der Waals surface area contributed by atoms with Gasteiger partial charge >= 0.3 is 0 Å². The van der Waals surface area contributed by atoms with Gasteiger partial charge in [0.1, 0.15) is 0 Å². The number of nitrogens with zero attached hydrogens (tertiary/aromatic N) is 4. The molecule has 2 aromatic carbocycles. The summed E-state index contributed by atoms with van der Waals surface area (Å²) in [5.41, 5.74) is 2.39. The van der Waals surface area contributed by atoms with Gasteiger partial charge in [-0.05, 0) is 42.5 Å². The lowest BCUT2D eigenvalue weighted by Crippen LogP contribution is -2.14. The molecule has 0 saturated carbocycles. The Morgan fingerprint density at radius 1 is 1.03 bits per heavy atom. The number of hydrogen-bond acceptors (Lipinski definition) is 5. The van der Waals surface area contributed by atoms with Crippen molar-refractivity contribution in [3.63, 3.8) is 0 Å². The standard InChI is InChI=1S/C21H16ClN5OS/c22-16-7-4-10-18(12-16)27-20(15-6-5-11-23-13-15)25-26-21(27)29-14-19(28)24-17-8-2-1-3-9-17/h1-13H,14H2,(H,24,28). The molecule has 29 heavy (non-hydrogen) atoms. The highest BCUT2D eigenvalue weighted by Crippen LogP contribution is 2.28. The lowest BCUT2D eigenvalue weighted by atomic mass is 10.2. The van der Waals surface area contributed by atoms with Crippen molar-refractivity contribution in [2.75, 3.05) is 11.1 Å². The predicted octanol–water partition coefficient (Wildman–Crippen LogP) is 4.71. The van der Waals surface area contributed by atoms with Crippen molar-refractivity contribution in [2.24, 2.45) is 0 Å². The average Bonchev–Trinajstić information content (AvgIpc) is 3.18. The van der Waals surface area contributed by atoms with Gasteiger partial charge in [0.2, 0.25) is 5.91 Å². The molecule has 8 heteroatoms. The number of aromatic nitrogens is 4. The van der Waals surface area contributed by atoms with Crippen LogP contribution in [0.15, 0.2) is 84.3 Å². The fraction of sp³-hybridized carbons (Fsp3) is 0.0476. The van der Waals surface area contributed by atoms with Gasteiger partial charge in [-0.2, -0.15) is 0 Å². The smallest absolute Gasteiger partial charge is 0.234 e. The molecule has 144 valence electrons. The first kappa shape index (κ1) is 19.2. The largest absolute Gasteiger partial charge is 0.325 e. The Balaban J connectivity index is 1.61. The quantitative estimate of drug-likeness (QED) is 0.456. The Labute approximate surface area is 177 Å². The lowest BCUT2D eigenvalue weighted by molar-refractivity contribution is -0.113. The van der Waals surface area contributed by atoms with E-state index in [0.717, 1.165) is 16.9 Å². The molecule has 4 aromatic rings. The van der Waals surface area contributed by atoms with E-state index in [-0.39, 0.29) is 11.7 Å². The zero-order valence-electron chi connectivity index (χ0n) is 15.2. The SMILES string of the molecule is O=C(CSc1nnc(-c2cccnc2)n1-c1cccc(Cl)c1)Nc1ccccc1. The van der Waals surface area contributed by atoms with E-state index < -0.39 is 0 Å². The number of hydrogen-bond donors (Lipinski definition) is 1. The molecular formula is C21H16ClN5OS. The number of halogens is 1. The number of amides is 1. The van der Waals surface area contributed by atoms with Crippen LogP contribution in [0.25, 0.3) is 17.1 Å². The summed E-state index contributed by atoms with van der Waals surface area (Å²) >= 11 is 7.50. The van der Waals surface area contributed by atoms with Crippen molar-refractivity contribution >= 4 is 35.0 Å². The first-order chi connectivity index (χ1) is 14.2. The molecule has 0 saturated heterocycles. The second-order valence-electron chi connectivity index (χ2n) is 6.07. The van der Waals surface area contributed by atoms with Gasteiger partial charge in [0.05, 0.1) is 11.4 Å². The maximum atomic E-state index is 12.3. The van der Waals surface area contributed by atoms with Crippen molar-refractivity contribution in [2.45, 2.75) is 5.16 Å². The highest BCUT2D eigenvalue weighted by molar-refractivity contribution is 7.99. The Hall–Kier alpha value is -3.16. The molecule has 0 aliphatic heterocycles. The summed E-state index contributed by atoms with van der Waals surface area (Å²) < 4.78 is 1.88. The van der Waals surface area contributed by atoms with Gasteiger partial charge in [-0.1, -0.05) is 47.6 Å². The van der Waals surface area contributed by atoms with E-state index in [0.29, 0.717) is 16.0 Å². The maximum absolute atomic E-state index is 12.3. The second-order valence-corrected chi connectivity index (χ2v) is 7.44. The molecule has 0 bridgehead atoms. The summed E-state index contributed by atoms with van der Waals surface area (Å²) in [5, 5.41) is 12.7. The minimum Gasteiger partial charge on any atom is -0.325 e. The minimum absolute atomic E-state index is 0.121. The van der Waals surface area contributed by atoms with Gasteiger partial charge in [-0.25, -0.2) is 0 Å². The number of nitrogens with one attached hydrogen (secondary N) is 1. The third-order valence-electron chi connectivity index (χ3n) is 4.01. The molecule has 0 atom stereocenters. The molecule has 0 aliphatic rings. The van der Waals surface area contributed by atoms with Crippen LogP contribution >= 0.6 is 23.4 Å². The Bertz CT molecular complexity index is 1120. The fourth-order valence-corrected chi connectivity index (χ4v) is 3.68. The van der Waals surface area contributed by atoms with E-state index in [2.05, 4.69) is 20.5 Å². The second kappa shape index (κ2) is 8.89. The number of carbonyl (C=O) groups is 1. The molecule has 4 rings (SSSR count). The molecule has 2 heterocycles. The number of rotatable bonds is 6. The number of pyridine rings is 1. The maximum Gasteiger partial charge on any atom is 0.234 e. The van der Waals surface area contributed by atoms with Crippen LogP contribution in [0.5, 0.6) is 0 Å². The van der Waals surface area contributed by atoms with Crippen LogP contribution in [0.2, 0.25) is 5.02 Å². The van der Waals surface area contributed by atoms with E-state index >= 15 is 0 Å². The van der Waals surface area contributed by atoms with Crippen molar-refractivity contribution in [3.05, 3.63) is 84.1 Å². The molecule has 2 aromatic heterocycles. The van der Waals surface area contributed by atoms with Crippen molar-refractivity contribution in [1.29, 1.82) is 0 Å². The Morgan fingerprint density at radius 2 is 1.90 bits per heavy atom. The summed E-state index contributed by atoms with van der Waals surface area (Å²) in [7, 11) is 0. The van der Waals surface area contributed by atoms with Crippen LogP contribution in [0.1, 0.15) is 0 Å². The summed E-state index contributed by atoms with van der Waals surface area (Å²) in [4.78, 5) is 16.5. The third-order valence-corrected chi connectivity index (χ3v) is 5.17. The third kappa shape index (κ3) is 4.64. The number of carbonyl (C=O) groups excluding carboxylic acids is 1. The first-order valence-electron chi connectivity index (χ1n) is 8.80. The average molecular weight is 422 g/mol. The molecule has 0 aliphatic carbocycles. The highest BCUT2D eigenvalue weighted by Gasteiger charge is 2.17. The van der Waals surface area contributed by atoms with Gasteiger partial charge in [0, 0.05) is 28.7 Å². The molecule has 0 radical (unpaired) electrons. The van der Waals surface area contributed by atoms with Gasteiger partial charge in [0.15, 0.2) is 11.0 Å². The van der Waals surface area contributed by atoms with Crippen LogP contribution in [0.3, 0.4) is 0 Å². The van der Waals surface area contributed by atoms with Gasteiger partial charge < -0.3 is 5.32 Å². The Morgan fingerprint density at radius 3 is 2.66 bits per heavy atom. The van der Waals surface area contributed by atoms with E-state index in [4.69, 9.17) is 11.6 Å². The van der Waals surface area contributed by atoms with E-state index in [1.165, 1.54) is 11.8 Å². The first-order valence-corrected chi connectivity index (χ1v) is 10.2. The number of thioether (sulfide) groups is 1. The number of benzene rings is 2. The molecule has 0 spiro atoms. The monoisotopic (exact) mass is 421 g/mol. The summed E-state index contributed by atoms with van der Waals surface area (Å²) in [6.45, 7) is 0. The van der Waals surface area contributed by atoms with Crippen LogP contribution in [-0.2, 0) is 4.79 Å². The van der Waals surface area contributed by atoms with E-state index in [9.17, 15) is 4.79 Å².